The molecule has 0 spiro atoms. The minimum Gasteiger partial charge on any atom is -0.493 e. The fourth-order valence-corrected chi connectivity index (χ4v) is 4.09. The molecule has 9 nitrogen and oxygen atoms in total. The number of benzene rings is 1. The number of carbonyl (C=O) groups is 1. The number of fused-ring (bicyclic) bond motifs is 1. The maximum Gasteiger partial charge on any atom is 0.426 e. The monoisotopic (exact) mass is 432 g/mol. The molecule has 2 aromatic heterocycles. The normalized spacial score (nSPS) is 17.1. The Morgan fingerprint density at radius 3 is 2.78 bits per heavy atom. The summed E-state index contributed by atoms with van der Waals surface area (Å²) in [6.45, 7) is 1.97. The zero-order chi connectivity index (χ0) is 22.1. The third-order valence-corrected chi connectivity index (χ3v) is 6.13. The number of methoxy groups -OCH3 is 1. The summed E-state index contributed by atoms with van der Waals surface area (Å²) in [5, 5.41) is 18.7. The Labute approximate surface area is 185 Å². The number of rotatable bonds is 6. The molecule has 0 bridgehead atoms. The first-order chi connectivity index (χ1) is 15.6. The molecule has 1 aliphatic heterocycles. The predicted octanol–water partition coefficient (Wildman–Crippen LogP) is 3.05. The van der Waals surface area contributed by atoms with Gasteiger partial charge in [0.15, 0.2) is 17.2 Å². The molecule has 1 saturated carbocycles. The van der Waals surface area contributed by atoms with Gasteiger partial charge in [-0.3, -0.25) is 0 Å². The average Bonchev–Trinajstić information content (AvgIpc) is 3.20. The van der Waals surface area contributed by atoms with Gasteiger partial charge in [-0.15, -0.1) is 10.2 Å². The summed E-state index contributed by atoms with van der Waals surface area (Å²) in [5.41, 5.74) is 2.55. The summed E-state index contributed by atoms with van der Waals surface area (Å²) in [7, 11) is 1.60. The molecule has 1 aliphatic carbocycles. The van der Waals surface area contributed by atoms with Crippen LogP contribution in [-0.4, -0.2) is 52.5 Å². The summed E-state index contributed by atoms with van der Waals surface area (Å²) in [4.78, 5) is 22.4. The van der Waals surface area contributed by atoms with Gasteiger partial charge in [0, 0.05) is 30.6 Å². The minimum atomic E-state index is -0.437. The number of hydrogen-bond donors (Lipinski definition) is 1. The van der Waals surface area contributed by atoms with E-state index in [1.54, 1.807) is 22.8 Å². The average molecular weight is 432 g/mol. The van der Waals surface area contributed by atoms with Crippen LogP contribution >= 0.6 is 0 Å². The molecule has 3 heterocycles. The number of nitrogens with zero attached hydrogens (tertiary/aromatic N) is 5. The number of hydrogen-bond acceptors (Lipinski definition) is 7. The molecule has 164 valence electrons. The summed E-state index contributed by atoms with van der Waals surface area (Å²) in [6, 6.07) is 13.3. The lowest BCUT2D eigenvalue weighted by Gasteiger charge is -2.16. The lowest BCUT2D eigenvalue weighted by Crippen LogP contribution is -2.37. The van der Waals surface area contributed by atoms with Crippen molar-refractivity contribution in [3.05, 3.63) is 47.8 Å². The van der Waals surface area contributed by atoms with Crippen molar-refractivity contribution in [2.24, 2.45) is 0 Å². The van der Waals surface area contributed by atoms with Crippen LogP contribution in [0.4, 0.5) is 4.79 Å². The molecule has 1 aromatic carbocycles. The van der Waals surface area contributed by atoms with Crippen LogP contribution in [0, 0.1) is 11.3 Å². The molecule has 1 N–H and O–H groups in total. The van der Waals surface area contributed by atoms with Gasteiger partial charge in [0.1, 0.15) is 0 Å². The molecule has 9 heteroatoms. The van der Waals surface area contributed by atoms with E-state index in [4.69, 9.17) is 19.7 Å². The van der Waals surface area contributed by atoms with Crippen molar-refractivity contribution in [3.63, 3.8) is 0 Å². The quantitative estimate of drug-likeness (QED) is 0.638. The van der Waals surface area contributed by atoms with Gasteiger partial charge in [0.05, 0.1) is 24.4 Å². The summed E-state index contributed by atoms with van der Waals surface area (Å²) >= 11 is 0. The smallest absolute Gasteiger partial charge is 0.426 e. The lowest BCUT2D eigenvalue weighted by molar-refractivity contribution is -0.0805. The lowest BCUT2D eigenvalue weighted by atomic mass is 10.1. The van der Waals surface area contributed by atoms with Crippen molar-refractivity contribution in [1.82, 2.24) is 25.0 Å². The first-order valence-electron chi connectivity index (χ1n) is 10.8. The molecule has 1 amide bonds. The molecule has 0 atom stereocenters. The summed E-state index contributed by atoms with van der Waals surface area (Å²) in [6.07, 6.45) is 3.42. The second kappa shape index (κ2) is 8.13. The number of ether oxygens (including phenoxy) is 1. The second-order valence-electron chi connectivity index (χ2n) is 8.30. The van der Waals surface area contributed by atoms with Gasteiger partial charge in [-0.25, -0.2) is 14.3 Å². The van der Waals surface area contributed by atoms with Crippen molar-refractivity contribution in [1.29, 1.82) is 5.26 Å². The fourth-order valence-electron chi connectivity index (χ4n) is 4.09. The van der Waals surface area contributed by atoms with E-state index in [9.17, 15) is 10.1 Å². The first-order valence-corrected chi connectivity index (χ1v) is 10.8. The van der Waals surface area contributed by atoms with E-state index in [1.807, 2.05) is 30.3 Å². The second-order valence-corrected chi connectivity index (χ2v) is 8.30. The maximum absolute atomic E-state index is 12.2. The van der Waals surface area contributed by atoms with Crippen molar-refractivity contribution in [2.45, 2.75) is 31.1 Å². The number of nitrogens with one attached hydrogen (secondary N) is 1. The van der Waals surface area contributed by atoms with E-state index >= 15 is 0 Å². The number of aromatic nitrogens is 3. The Balaban J connectivity index is 1.43. The van der Waals surface area contributed by atoms with Gasteiger partial charge in [0.25, 0.3) is 0 Å². The van der Waals surface area contributed by atoms with Gasteiger partial charge >= 0.3 is 6.09 Å². The molecule has 2 aliphatic rings. The highest BCUT2D eigenvalue weighted by Crippen LogP contribution is 2.46. The van der Waals surface area contributed by atoms with Crippen molar-refractivity contribution >= 4 is 11.7 Å². The van der Waals surface area contributed by atoms with Gasteiger partial charge < -0.3 is 14.9 Å². The van der Waals surface area contributed by atoms with E-state index in [1.165, 1.54) is 0 Å². The molecular formula is C23H24N6O3. The van der Waals surface area contributed by atoms with Gasteiger partial charge in [-0.1, -0.05) is 12.1 Å². The molecule has 3 aromatic rings. The van der Waals surface area contributed by atoms with E-state index < -0.39 is 6.09 Å². The Morgan fingerprint density at radius 1 is 1.25 bits per heavy atom. The minimum absolute atomic E-state index is 0.313. The van der Waals surface area contributed by atoms with Gasteiger partial charge in [0.2, 0.25) is 0 Å². The third-order valence-electron chi connectivity index (χ3n) is 6.13. The largest absolute Gasteiger partial charge is 0.493 e. The van der Waals surface area contributed by atoms with Crippen LogP contribution < -0.4 is 10.1 Å². The number of hydroxylamine groups is 2. The molecule has 0 unspecified atom stereocenters. The van der Waals surface area contributed by atoms with Crippen molar-refractivity contribution < 1.29 is 14.4 Å². The molecule has 5 rings (SSSR count). The maximum atomic E-state index is 12.2. The number of amides is 1. The fraction of sp³-hybridized carbons (Fsp3) is 0.391. The molecule has 2 fully saturated rings. The van der Waals surface area contributed by atoms with E-state index in [-0.39, 0.29) is 5.41 Å². The summed E-state index contributed by atoms with van der Waals surface area (Å²) < 4.78 is 7.27. The zero-order valence-electron chi connectivity index (χ0n) is 17.9. The Kier molecular flexibility index (Phi) is 5.15. The first kappa shape index (κ1) is 20.3. The van der Waals surface area contributed by atoms with E-state index in [0.29, 0.717) is 29.3 Å². The number of nitriles is 1. The van der Waals surface area contributed by atoms with Crippen molar-refractivity contribution in [2.75, 3.05) is 26.7 Å². The third kappa shape index (κ3) is 3.74. The standard InChI is InChI=1S/C23H24N6O3/c1-31-19-8-7-18(17-6-4-5-16(13-17)14-24)29-20(19)26-21(27-29)23(9-10-23)15-25-22(30)32-28-11-2-3-12-28/h4-8,13H,2-3,9-12,15H2,1H3,(H,25,30). The number of carbonyl (C=O) groups excluding carboxylic acids is 1. The number of pyridine rings is 1. The van der Waals surface area contributed by atoms with Crippen LogP contribution in [0.1, 0.15) is 37.1 Å². The van der Waals surface area contributed by atoms with Gasteiger partial charge in [-0.2, -0.15) is 5.26 Å². The Hall–Kier alpha value is -3.64. The highest BCUT2D eigenvalue weighted by molar-refractivity contribution is 5.69. The summed E-state index contributed by atoms with van der Waals surface area (Å²) in [5.74, 6) is 1.28. The van der Waals surface area contributed by atoms with Crippen LogP contribution in [0.15, 0.2) is 36.4 Å². The van der Waals surface area contributed by atoms with E-state index in [0.717, 1.165) is 50.0 Å². The van der Waals surface area contributed by atoms with Crippen LogP contribution in [0.25, 0.3) is 16.9 Å². The van der Waals surface area contributed by atoms with Gasteiger partial charge in [-0.05, 0) is 49.9 Å². The molecule has 32 heavy (non-hydrogen) atoms. The Bertz CT molecular complexity index is 1200. The van der Waals surface area contributed by atoms with Crippen LogP contribution in [0.3, 0.4) is 0 Å². The van der Waals surface area contributed by atoms with E-state index in [2.05, 4.69) is 11.4 Å². The predicted molar refractivity (Wildman–Crippen MR) is 116 cm³/mol. The zero-order valence-corrected chi connectivity index (χ0v) is 17.9. The van der Waals surface area contributed by atoms with Crippen LogP contribution in [-0.2, 0) is 10.3 Å². The molecule has 1 saturated heterocycles. The molecule has 0 radical (unpaired) electrons. The van der Waals surface area contributed by atoms with Crippen LogP contribution in [0.5, 0.6) is 5.75 Å². The SMILES string of the molecule is COc1ccc(-c2cccc(C#N)c2)n2nc(C3(CNC(=O)ON4CCCC4)CC3)nc12. The highest BCUT2D eigenvalue weighted by Gasteiger charge is 2.48. The Morgan fingerprint density at radius 2 is 2.06 bits per heavy atom. The highest BCUT2D eigenvalue weighted by atomic mass is 16.7. The van der Waals surface area contributed by atoms with Crippen LogP contribution in [0.2, 0.25) is 0 Å². The topological polar surface area (TPSA) is 105 Å². The van der Waals surface area contributed by atoms with Crippen molar-refractivity contribution in [3.8, 4) is 23.1 Å². The molecular weight excluding hydrogens is 408 g/mol.